The number of alkyl halides is 2. The SMILES string of the molecule is CCOC=O.CCSNc1cc(F)c(C(=O)Nc2nc(C)cc(N3CCC(F)(F)CC3)n2)c(N2CCC3(CC2)CC3)c1. The standard InChI is InChI=1S/C26H33F3N6OS.C3H6O2/c1-3-37-33-18-15-19(27)22(20(16-18)34-10-6-25(4-5-25)7-11-34)23(36)32-24-30-17(2)14-21(31-24)35-12-8-26(28,29)9-13-35;1-2-5-3-4/h14-16,33H,3-13H2,1-2H3,(H,30,31,32,36);3H,2H2,1H3. The molecule has 0 unspecified atom stereocenters. The minimum Gasteiger partial charge on any atom is -0.468 e. The number of nitrogens with zero attached hydrogens (tertiary/aromatic N) is 4. The van der Waals surface area contributed by atoms with Crippen molar-refractivity contribution in [3.8, 4) is 0 Å². The molecule has 9 nitrogen and oxygen atoms in total. The summed E-state index contributed by atoms with van der Waals surface area (Å²) in [5, 5.41) is 2.68. The van der Waals surface area contributed by atoms with Crippen LogP contribution in [0.15, 0.2) is 18.2 Å². The van der Waals surface area contributed by atoms with Gasteiger partial charge in [-0.25, -0.2) is 18.2 Å². The largest absolute Gasteiger partial charge is 0.468 e. The van der Waals surface area contributed by atoms with Crippen LogP contribution in [0.1, 0.15) is 68.4 Å². The molecule has 2 N–H and O–H groups in total. The first-order valence-corrected chi connectivity index (χ1v) is 15.4. The van der Waals surface area contributed by atoms with Crippen LogP contribution in [0, 0.1) is 18.2 Å². The minimum atomic E-state index is -2.67. The maximum Gasteiger partial charge on any atom is 0.293 e. The fraction of sp³-hybridized carbons (Fsp3) is 0.586. The first kappa shape index (κ1) is 31.7. The molecule has 0 radical (unpaired) electrons. The Bertz CT molecular complexity index is 1240. The predicted octanol–water partition coefficient (Wildman–Crippen LogP) is 6.05. The van der Waals surface area contributed by atoms with Gasteiger partial charge in [0.05, 0.1) is 17.9 Å². The normalized spacial score (nSPS) is 18.5. The lowest BCUT2D eigenvalue weighted by molar-refractivity contribution is -0.128. The van der Waals surface area contributed by atoms with Gasteiger partial charge in [-0.05, 0) is 57.1 Å². The molecule has 230 valence electrons. The van der Waals surface area contributed by atoms with Crippen molar-refractivity contribution in [3.63, 3.8) is 0 Å². The van der Waals surface area contributed by atoms with E-state index < -0.39 is 17.6 Å². The van der Waals surface area contributed by atoms with Gasteiger partial charge in [0.25, 0.3) is 18.3 Å². The van der Waals surface area contributed by atoms with Crippen molar-refractivity contribution in [2.45, 2.75) is 65.2 Å². The van der Waals surface area contributed by atoms with Crippen LogP contribution in [-0.2, 0) is 9.53 Å². The quantitative estimate of drug-likeness (QED) is 0.260. The maximum atomic E-state index is 15.5. The van der Waals surface area contributed by atoms with Crippen LogP contribution in [0.25, 0.3) is 0 Å². The summed E-state index contributed by atoms with van der Waals surface area (Å²) in [5.74, 6) is -2.61. The molecule has 1 aromatic carbocycles. The molecule has 2 saturated heterocycles. The summed E-state index contributed by atoms with van der Waals surface area (Å²) >= 11 is 1.46. The Labute approximate surface area is 249 Å². The highest BCUT2D eigenvalue weighted by Gasteiger charge is 2.45. The lowest BCUT2D eigenvalue weighted by Gasteiger charge is -2.35. The first-order valence-electron chi connectivity index (χ1n) is 14.4. The molecule has 1 amide bonds. The zero-order valence-corrected chi connectivity index (χ0v) is 25.2. The number of amides is 1. The van der Waals surface area contributed by atoms with Crippen LogP contribution in [-0.4, -0.2) is 66.8 Å². The molecule has 2 aromatic rings. The summed E-state index contributed by atoms with van der Waals surface area (Å²) in [6.45, 7) is 8.29. The number of anilines is 4. The van der Waals surface area contributed by atoms with E-state index in [0.29, 0.717) is 41.4 Å². The number of rotatable bonds is 9. The second kappa shape index (κ2) is 13.8. The summed E-state index contributed by atoms with van der Waals surface area (Å²) in [5.41, 5.74) is 2.15. The maximum absolute atomic E-state index is 15.5. The Morgan fingerprint density at radius 3 is 2.26 bits per heavy atom. The van der Waals surface area contributed by atoms with Gasteiger partial charge in [-0.2, -0.15) is 4.98 Å². The van der Waals surface area contributed by atoms with Gasteiger partial charge in [0.2, 0.25) is 5.95 Å². The average Bonchev–Trinajstić information content (AvgIpc) is 3.70. The third kappa shape index (κ3) is 8.20. The number of piperidine rings is 2. The summed E-state index contributed by atoms with van der Waals surface area (Å²) in [7, 11) is 0. The molecule has 0 bridgehead atoms. The van der Waals surface area contributed by atoms with E-state index in [2.05, 4.69) is 29.6 Å². The van der Waals surface area contributed by atoms with Gasteiger partial charge in [-0.15, -0.1) is 0 Å². The van der Waals surface area contributed by atoms with Gasteiger partial charge in [-0.3, -0.25) is 14.9 Å². The molecule has 42 heavy (non-hydrogen) atoms. The summed E-state index contributed by atoms with van der Waals surface area (Å²) in [4.78, 5) is 35.2. The number of carbonyl (C=O) groups is 2. The third-order valence-electron chi connectivity index (χ3n) is 7.87. The Balaban J connectivity index is 0.000000748. The van der Waals surface area contributed by atoms with Crippen molar-refractivity contribution in [2.75, 3.05) is 58.4 Å². The molecule has 3 heterocycles. The summed E-state index contributed by atoms with van der Waals surface area (Å²) < 4.78 is 50.0. The lowest BCUT2D eigenvalue weighted by atomic mass is 9.93. The number of hydrogen-bond donors (Lipinski definition) is 2. The predicted molar refractivity (Wildman–Crippen MR) is 160 cm³/mol. The number of aryl methyl sites for hydroxylation is 1. The number of benzene rings is 1. The van der Waals surface area contributed by atoms with Gasteiger partial charge in [0.15, 0.2) is 0 Å². The number of nitrogens with one attached hydrogen (secondary N) is 2. The van der Waals surface area contributed by atoms with Crippen LogP contribution >= 0.6 is 11.9 Å². The van der Waals surface area contributed by atoms with Crippen molar-refractivity contribution in [1.82, 2.24) is 9.97 Å². The minimum absolute atomic E-state index is 0.0296. The Hall–Kier alpha value is -3.22. The van der Waals surface area contributed by atoms with E-state index in [9.17, 15) is 18.4 Å². The Morgan fingerprint density at radius 2 is 1.69 bits per heavy atom. The molecule has 2 aliphatic heterocycles. The van der Waals surface area contributed by atoms with Crippen molar-refractivity contribution >= 4 is 47.5 Å². The third-order valence-corrected chi connectivity index (χ3v) is 8.54. The molecular weight excluding hydrogens is 569 g/mol. The highest BCUT2D eigenvalue weighted by atomic mass is 32.2. The van der Waals surface area contributed by atoms with E-state index in [0.717, 1.165) is 31.7 Å². The van der Waals surface area contributed by atoms with E-state index in [1.807, 2.05) is 13.0 Å². The van der Waals surface area contributed by atoms with E-state index in [1.54, 1.807) is 24.8 Å². The van der Waals surface area contributed by atoms with E-state index in [1.165, 1.54) is 30.9 Å². The topological polar surface area (TPSA) is 99.7 Å². The molecule has 5 rings (SSSR count). The second-order valence-electron chi connectivity index (χ2n) is 10.9. The Kier molecular flexibility index (Phi) is 10.4. The average molecular weight is 609 g/mol. The fourth-order valence-corrected chi connectivity index (χ4v) is 5.67. The van der Waals surface area contributed by atoms with Gasteiger partial charge >= 0.3 is 0 Å². The number of halogens is 3. The second-order valence-corrected chi connectivity index (χ2v) is 12.0. The summed E-state index contributed by atoms with van der Waals surface area (Å²) in [6, 6.07) is 4.88. The Morgan fingerprint density at radius 1 is 1.02 bits per heavy atom. The molecule has 3 aliphatic rings. The number of hydrogen-bond acceptors (Lipinski definition) is 9. The van der Waals surface area contributed by atoms with E-state index in [4.69, 9.17) is 0 Å². The molecule has 3 fully saturated rings. The van der Waals surface area contributed by atoms with Gasteiger partial charge in [0.1, 0.15) is 11.6 Å². The van der Waals surface area contributed by atoms with E-state index in [-0.39, 0.29) is 37.4 Å². The molecule has 1 spiro atoms. The van der Waals surface area contributed by atoms with Crippen LogP contribution in [0.5, 0.6) is 0 Å². The highest BCUT2D eigenvalue weighted by Crippen LogP contribution is 2.54. The first-order chi connectivity index (χ1) is 20.1. The molecular formula is C29H39F3N6O3S. The van der Waals surface area contributed by atoms with Crippen LogP contribution in [0.3, 0.4) is 0 Å². The zero-order valence-electron chi connectivity index (χ0n) is 24.4. The molecule has 1 aromatic heterocycles. The van der Waals surface area contributed by atoms with Crippen molar-refractivity contribution in [3.05, 3.63) is 35.3 Å². The van der Waals surface area contributed by atoms with Gasteiger partial charge in [0, 0.05) is 62.2 Å². The van der Waals surface area contributed by atoms with Gasteiger partial charge in [-0.1, -0.05) is 18.9 Å². The molecule has 1 aliphatic carbocycles. The molecule has 1 saturated carbocycles. The molecule has 0 atom stereocenters. The number of ether oxygens (including phenoxy) is 1. The van der Waals surface area contributed by atoms with E-state index >= 15 is 4.39 Å². The number of aromatic nitrogens is 2. The highest BCUT2D eigenvalue weighted by molar-refractivity contribution is 8.00. The number of carbonyl (C=O) groups excluding carboxylic acids is 2. The zero-order chi connectivity index (χ0) is 30.3. The smallest absolute Gasteiger partial charge is 0.293 e. The molecule has 13 heteroatoms. The van der Waals surface area contributed by atoms with Crippen molar-refractivity contribution < 1.29 is 27.5 Å². The lowest BCUT2D eigenvalue weighted by Crippen LogP contribution is -2.40. The fourth-order valence-electron chi connectivity index (χ4n) is 5.24. The van der Waals surface area contributed by atoms with Crippen molar-refractivity contribution in [1.29, 1.82) is 0 Å². The van der Waals surface area contributed by atoms with Crippen LogP contribution in [0.2, 0.25) is 0 Å². The van der Waals surface area contributed by atoms with Gasteiger partial charge < -0.3 is 19.3 Å². The van der Waals surface area contributed by atoms with Crippen molar-refractivity contribution in [2.24, 2.45) is 5.41 Å². The van der Waals surface area contributed by atoms with Crippen LogP contribution < -0.4 is 19.8 Å². The van der Waals surface area contributed by atoms with Crippen LogP contribution in [0.4, 0.5) is 36.3 Å². The summed E-state index contributed by atoms with van der Waals surface area (Å²) in [6.07, 6.45) is 4.07. The monoisotopic (exact) mass is 608 g/mol.